The van der Waals surface area contributed by atoms with Gasteiger partial charge in [-0.2, -0.15) is 10.2 Å². The number of rotatable bonds is 4. The fourth-order valence-corrected chi connectivity index (χ4v) is 4.08. The van der Waals surface area contributed by atoms with E-state index in [4.69, 9.17) is 5.10 Å². The Morgan fingerprint density at radius 2 is 2.04 bits per heavy atom. The Morgan fingerprint density at radius 1 is 1.12 bits per heavy atom. The van der Waals surface area contributed by atoms with Crippen LogP contribution in [0.4, 0.5) is 0 Å². The summed E-state index contributed by atoms with van der Waals surface area (Å²) in [5.41, 5.74) is 5.22. The van der Waals surface area contributed by atoms with Crippen LogP contribution in [-0.2, 0) is 32.4 Å². The van der Waals surface area contributed by atoms with Gasteiger partial charge >= 0.3 is 0 Å². The second-order valence-corrected chi connectivity index (χ2v) is 6.95. The van der Waals surface area contributed by atoms with Crippen LogP contribution in [0.2, 0.25) is 0 Å². The van der Waals surface area contributed by atoms with Gasteiger partial charge in [0.1, 0.15) is 12.2 Å². The topological polar surface area (TPSA) is 60.6 Å². The second-order valence-electron chi connectivity index (χ2n) is 6.95. The van der Waals surface area contributed by atoms with Gasteiger partial charge < -0.3 is 5.32 Å². The van der Waals surface area contributed by atoms with Crippen LogP contribution < -0.4 is 5.32 Å². The molecular formula is C19H22N6. The van der Waals surface area contributed by atoms with Gasteiger partial charge in [0.15, 0.2) is 0 Å². The van der Waals surface area contributed by atoms with Crippen LogP contribution in [-0.4, -0.2) is 30.6 Å². The third kappa shape index (κ3) is 2.66. The molecule has 128 valence electrons. The third-order valence-corrected chi connectivity index (χ3v) is 5.38. The molecule has 0 bridgehead atoms. The number of nitrogens with one attached hydrogen (secondary N) is 1. The van der Waals surface area contributed by atoms with E-state index in [0.29, 0.717) is 6.04 Å². The van der Waals surface area contributed by atoms with Crippen molar-refractivity contribution in [2.75, 3.05) is 0 Å². The number of aromatic nitrogens is 5. The Balaban J connectivity index is 1.35. The predicted molar refractivity (Wildman–Crippen MR) is 94.6 cm³/mol. The van der Waals surface area contributed by atoms with E-state index in [1.807, 2.05) is 4.68 Å². The number of aryl methyl sites for hydroxylation is 1. The van der Waals surface area contributed by atoms with E-state index >= 15 is 0 Å². The highest BCUT2D eigenvalue weighted by atomic mass is 15.3. The maximum Gasteiger partial charge on any atom is 0.138 e. The highest BCUT2D eigenvalue weighted by Gasteiger charge is 2.24. The van der Waals surface area contributed by atoms with Crippen LogP contribution in [0.5, 0.6) is 0 Å². The highest BCUT2D eigenvalue weighted by Crippen LogP contribution is 2.28. The summed E-state index contributed by atoms with van der Waals surface area (Å²) in [5, 5.41) is 12.9. The summed E-state index contributed by atoms with van der Waals surface area (Å²) in [6, 6.07) is 10.9. The summed E-state index contributed by atoms with van der Waals surface area (Å²) in [7, 11) is 0. The number of para-hydroxylation sites is 1. The molecule has 0 saturated carbocycles. The summed E-state index contributed by atoms with van der Waals surface area (Å²) >= 11 is 0. The third-order valence-electron chi connectivity index (χ3n) is 5.38. The molecule has 6 heteroatoms. The molecule has 1 aliphatic carbocycles. The van der Waals surface area contributed by atoms with Gasteiger partial charge in [0.05, 0.1) is 17.9 Å². The van der Waals surface area contributed by atoms with Crippen LogP contribution in [0, 0.1) is 0 Å². The van der Waals surface area contributed by atoms with Gasteiger partial charge in [-0.05, 0) is 43.4 Å². The quantitative estimate of drug-likeness (QED) is 0.793. The Bertz CT molecular complexity index is 879. The van der Waals surface area contributed by atoms with Crippen molar-refractivity contribution in [3.8, 4) is 5.69 Å². The SMILES string of the molecule is c1ccc(-n2nc(CN[C@@H]3CCc4ncnn4C3)c3c2CCC3)cc1. The molecular weight excluding hydrogens is 312 g/mol. The second kappa shape index (κ2) is 6.11. The summed E-state index contributed by atoms with van der Waals surface area (Å²) in [6.07, 6.45) is 7.28. The fraction of sp³-hybridized carbons (Fsp3) is 0.421. The van der Waals surface area contributed by atoms with Gasteiger partial charge in [0.25, 0.3) is 0 Å². The standard InChI is InChI=1S/C19H22N6/c1-2-5-15(6-3-1)25-18-8-4-7-16(18)17(23-25)11-20-14-9-10-19-21-13-22-24(19)12-14/h1-3,5-6,13-14,20H,4,7-12H2/t14-/m1/s1. The molecule has 0 amide bonds. The first-order chi connectivity index (χ1) is 12.4. The maximum absolute atomic E-state index is 4.94. The monoisotopic (exact) mass is 334 g/mol. The molecule has 1 aromatic carbocycles. The van der Waals surface area contributed by atoms with Crippen molar-refractivity contribution >= 4 is 0 Å². The summed E-state index contributed by atoms with van der Waals surface area (Å²) in [4.78, 5) is 4.30. The average Bonchev–Trinajstić information content (AvgIpc) is 3.37. The number of benzene rings is 1. The average molecular weight is 334 g/mol. The summed E-state index contributed by atoms with van der Waals surface area (Å²) in [5.74, 6) is 1.10. The van der Waals surface area contributed by atoms with Crippen molar-refractivity contribution in [2.45, 2.75) is 51.2 Å². The molecule has 0 radical (unpaired) electrons. The van der Waals surface area contributed by atoms with Crippen molar-refractivity contribution in [2.24, 2.45) is 0 Å². The van der Waals surface area contributed by atoms with Crippen molar-refractivity contribution < 1.29 is 0 Å². The van der Waals surface area contributed by atoms with Crippen LogP contribution in [0.1, 0.15) is 35.6 Å². The number of hydrogen-bond acceptors (Lipinski definition) is 4. The van der Waals surface area contributed by atoms with Crippen LogP contribution in [0.25, 0.3) is 5.69 Å². The lowest BCUT2D eigenvalue weighted by atomic mass is 10.1. The molecule has 3 aromatic rings. The minimum absolute atomic E-state index is 0.438. The lowest BCUT2D eigenvalue weighted by Gasteiger charge is -2.23. The molecule has 0 saturated heterocycles. The Morgan fingerprint density at radius 3 is 2.96 bits per heavy atom. The molecule has 1 atom stereocenters. The molecule has 0 fully saturated rings. The molecule has 0 unspecified atom stereocenters. The minimum Gasteiger partial charge on any atom is -0.306 e. The van der Waals surface area contributed by atoms with Gasteiger partial charge in [0.2, 0.25) is 0 Å². The lowest BCUT2D eigenvalue weighted by Crippen LogP contribution is -2.37. The molecule has 6 nitrogen and oxygen atoms in total. The molecule has 1 aliphatic heterocycles. The van der Waals surface area contributed by atoms with Crippen LogP contribution in [0.15, 0.2) is 36.7 Å². The normalized spacial score (nSPS) is 19.0. The van der Waals surface area contributed by atoms with E-state index in [1.54, 1.807) is 6.33 Å². The minimum atomic E-state index is 0.438. The Labute approximate surface area is 146 Å². The lowest BCUT2D eigenvalue weighted by molar-refractivity contribution is 0.356. The largest absolute Gasteiger partial charge is 0.306 e. The first-order valence-electron chi connectivity index (χ1n) is 9.13. The predicted octanol–water partition coefficient (Wildman–Crippen LogP) is 2.06. The maximum atomic E-state index is 4.94. The Hall–Kier alpha value is -2.47. The Kier molecular flexibility index (Phi) is 3.63. The van der Waals surface area contributed by atoms with Gasteiger partial charge in [-0.1, -0.05) is 18.2 Å². The van der Waals surface area contributed by atoms with E-state index in [9.17, 15) is 0 Å². The van der Waals surface area contributed by atoms with E-state index in [-0.39, 0.29) is 0 Å². The molecule has 2 aromatic heterocycles. The van der Waals surface area contributed by atoms with Gasteiger partial charge in [0, 0.05) is 24.7 Å². The highest BCUT2D eigenvalue weighted by molar-refractivity contribution is 5.39. The molecule has 3 heterocycles. The smallest absolute Gasteiger partial charge is 0.138 e. The molecule has 2 aliphatic rings. The zero-order valence-electron chi connectivity index (χ0n) is 14.2. The van der Waals surface area contributed by atoms with E-state index in [1.165, 1.54) is 23.4 Å². The molecule has 5 rings (SSSR count). The number of nitrogens with zero attached hydrogens (tertiary/aromatic N) is 5. The van der Waals surface area contributed by atoms with Gasteiger partial charge in [-0.25, -0.2) is 14.3 Å². The van der Waals surface area contributed by atoms with E-state index < -0.39 is 0 Å². The fourth-order valence-electron chi connectivity index (χ4n) is 4.08. The van der Waals surface area contributed by atoms with Crippen LogP contribution in [0.3, 0.4) is 0 Å². The first kappa shape index (κ1) is 14.8. The van der Waals surface area contributed by atoms with Crippen molar-refractivity contribution in [3.05, 3.63) is 59.4 Å². The number of fused-ring (bicyclic) bond motifs is 2. The van der Waals surface area contributed by atoms with E-state index in [2.05, 4.69) is 50.4 Å². The molecule has 0 spiro atoms. The number of hydrogen-bond donors (Lipinski definition) is 1. The van der Waals surface area contributed by atoms with Crippen molar-refractivity contribution in [1.29, 1.82) is 0 Å². The first-order valence-corrected chi connectivity index (χ1v) is 9.13. The van der Waals surface area contributed by atoms with Gasteiger partial charge in [-0.15, -0.1) is 0 Å². The van der Waals surface area contributed by atoms with Gasteiger partial charge in [-0.3, -0.25) is 0 Å². The van der Waals surface area contributed by atoms with Crippen molar-refractivity contribution in [3.63, 3.8) is 0 Å². The van der Waals surface area contributed by atoms with Crippen LogP contribution >= 0.6 is 0 Å². The van der Waals surface area contributed by atoms with E-state index in [0.717, 1.165) is 50.3 Å². The zero-order chi connectivity index (χ0) is 16.6. The van der Waals surface area contributed by atoms with Crippen molar-refractivity contribution in [1.82, 2.24) is 29.9 Å². The zero-order valence-corrected chi connectivity index (χ0v) is 14.2. The molecule has 1 N–H and O–H groups in total. The summed E-state index contributed by atoms with van der Waals surface area (Å²) < 4.78 is 4.17. The summed E-state index contributed by atoms with van der Waals surface area (Å²) in [6.45, 7) is 1.73. The molecule has 25 heavy (non-hydrogen) atoms.